The minimum Gasteiger partial charge on any atom is -0.462 e. The number of carbonyl (C=O) groups excluding carboxylic acids is 2. The maximum atomic E-state index is 12.1. The van der Waals surface area contributed by atoms with Gasteiger partial charge in [-0.2, -0.15) is 0 Å². The molecule has 4 heteroatoms. The summed E-state index contributed by atoms with van der Waals surface area (Å²) in [7, 11) is 0. The molecule has 0 aromatic heterocycles. The lowest BCUT2D eigenvalue weighted by molar-refractivity contribution is 0.0468. The second-order valence-corrected chi connectivity index (χ2v) is 5.39. The zero-order valence-electron chi connectivity index (χ0n) is 13.6. The Labute approximate surface area is 137 Å². The molecule has 0 saturated heterocycles. The molecule has 0 fully saturated rings. The van der Waals surface area contributed by atoms with Crippen molar-refractivity contribution in [3.05, 3.63) is 47.5 Å². The molecule has 0 saturated carbocycles. The molecule has 0 bridgehead atoms. The maximum absolute atomic E-state index is 12.1. The van der Waals surface area contributed by atoms with Gasteiger partial charge in [-0.1, -0.05) is 31.9 Å². The Bertz CT molecular complexity index is 594. The molecule has 0 aliphatic heterocycles. The lowest BCUT2D eigenvalue weighted by atomic mass is 10.1. The SMILES string of the molecule is C#CC=CCOC(=O)c1ccccc1C(=O)OCCCC(C)C. The number of benzene rings is 1. The summed E-state index contributed by atoms with van der Waals surface area (Å²) in [4.78, 5) is 24.2. The van der Waals surface area contributed by atoms with Crippen molar-refractivity contribution in [1.82, 2.24) is 0 Å². The molecule has 0 atom stereocenters. The van der Waals surface area contributed by atoms with Crippen LogP contribution in [-0.2, 0) is 9.47 Å². The highest BCUT2D eigenvalue weighted by atomic mass is 16.5. The van der Waals surface area contributed by atoms with E-state index in [0.29, 0.717) is 12.5 Å². The van der Waals surface area contributed by atoms with E-state index >= 15 is 0 Å². The van der Waals surface area contributed by atoms with Crippen LogP contribution in [0, 0.1) is 18.3 Å². The largest absolute Gasteiger partial charge is 0.462 e. The molecule has 122 valence electrons. The van der Waals surface area contributed by atoms with Crippen LogP contribution in [0.5, 0.6) is 0 Å². The first-order valence-corrected chi connectivity index (χ1v) is 7.60. The lowest BCUT2D eigenvalue weighted by Gasteiger charge is -2.09. The molecule has 0 aliphatic rings. The molecule has 4 nitrogen and oxygen atoms in total. The van der Waals surface area contributed by atoms with Gasteiger partial charge in [-0.15, -0.1) is 6.42 Å². The molecule has 1 rings (SSSR count). The third-order valence-corrected chi connectivity index (χ3v) is 3.05. The first kappa shape index (κ1) is 18.5. The Kier molecular flexibility index (Phi) is 8.23. The van der Waals surface area contributed by atoms with Gasteiger partial charge in [-0.25, -0.2) is 9.59 Å². The highest BCUT2D eigenvalue weighted by molar-refractivity contribution is 6.03. The zero-order valence-corrected chi connectivity index (χ0v) is 13.6. The number of carbonyl (C=O) groups is 2. The molecule has 0 unspecified atom stereocenters. The van der Waals surface area contributed by atoms with E-state index in [0.717, 1.165) is 12.8 Å². The fourth-order valence-corrected chi connectivity index (χ4v) is 1.89. The standard InChI is InChI=1S/C19H22O4/c1-4-5-8-13-22-18(20)16-11-6-7-12-17(16)19(21)23-14-9-10-15(2)3/h1,5-8,11-12,15H,9-10,13-14H2,2-3H3. The van der Waals surface area contributed by atoms with Gasteiger partial charge in [-0.05, 0) is 43.0 Å². The molecule has 23 heavy (non-hydrogen) atoms. The highest BCUT2D eigenvalue weighted by Crippen LogP contribution is 2.13. The predicted molar refractivity (Wildman–Crippen MR) is 89.1 cm³/mol. The van der Waals surface area contributed by atoms with E-state index in [4.69, 9.17) is 15.9 Å². The van der Waals surface area contributed by atoms with Crippen molar-refractivity contribution in [2.45, 2.75) is 26.7 Å². The summed E-state index contributed by atoms with van der Waals surface area (Å²) in [5.74, 6) is 1.77. The summed E-state index contributed by atoms with van der Waals surface area (Å²) in [6, 6.07) is 6.44. The minimum atomic E-state index is -0.582. The van der Waals surface area contributed by atoms with Crippen LogP contribution in [0.1, 0.15) is 47.4 Å². The van der Waals surface area contributed by atoms with Gasteiger partial charge in [-0.3, -0.25) is 0 Å². The maximum Gasteiger partial charge on any atom is 0.339 e. The van der Waals surface area contributed by atoms with E-state index in [2.05, 4.69) is 19.8 Å². The van der Waals surface area contributed by atoms with Crippen molar-refractivity contribution in [3.63, 3.8) is 0 Å². The van der Waals surface area contributed by atoms with Gasteiger partial charge in [0, 0.05) is 0 Å². The van der Waals surface area contributed by atoms with E-state index in [1.54, 1.807) is 24.3 Å². The molecule has 0 heterocycles. The van der Waals surface area contributed by atoms with Crippen molar-refractivity contribution in [2.24, 2.45) is 5.92 Å². The quantitative estimate of drug-likeness (QED) is 0.418. The fourth-order valence-electron chi connectivity index (χ4n) is 1.89. The third-order valence-electron chi connectivity index (χ3n) is 3.05. The van der Waals surface area contributed by atoms with Crippen molar-refractivity contribution >= 4 is 11.9 Å². The van der Waals surface area contributed by atoms with Gasteiger partial charge in [0.25, 0.3) is 0 Å². The smallest absolute Gasteiger partial charge is 0.339 e. The number of esters is 2. The summed E-state index contributed by atoms with van der Waals surface area (Å²) < 4.78 is 10.3. The Morgan fingerprint density at radius 2 is 1.78 bits per heavy atom. The van der Waals surface area contributed by atoms with Gasteiger partial charge in [0.15, 0.2) is 0 Å². The van der Waals surface area contributed by atoms with E-state index in [-0.39, 0.29) is 17.7 Å². The van der Waals surface area contributed by atoms with Crippen molar-refractivity contribution in [2.75, 3.05) is 13.2 Å². The van der Waals surface area contributed by atoms with Crippen molar-refractivity contribution in [1.29, 1.82) is 0 Å². The van der Waals surface area contributed by atoms with Crippen LogP contribution < -0.4 is 0 Å². The molecule has 0 N–H and O–H groups in total. The predicted octanol–water partition coefficient (Wildman–Crippen LogP) is 3.63. The van der Waals surface area contributed by atoms with Gasteiger partial charge < -0.3 is 9.47 Å². The third kappa shape index (κ3) is 6.84. The summed E-state index contributed by atoms with van der Waals surface area (Å²) in [6.07, 6.45) is 9.83. The summed E-state index contributed by atoms with van der Waals surface area (Å²) in [6.45, 7) is 4.62. The highest BCUT2D eigenvalue weighted by Gasteiger charge is 2.18. The van der Waals surface area contributed by atoms with Crippen LogP contribution >= 0.6 is 0 Å². The van der Waals surface area contributed by atoms with E-state index in [1.807, 2.05) is 0 Å². The molecule has 0 radical (unpaired) electrons. The van der Waals surface area contributed by atoms with Gasteiger partial charge in [0.1, 0.15) is 6.61 Å². The Morgan fingerprint density at radius 1 is 1.17 bits per heavy atom. The van der Waals surface area contributed by atoms with Crippen LogP contribution in [0.15, 0.2) is 36.4 Å². The first-order valence-electron chi connectivity index (χ1n) is 7.60. The molecule has 1 aromatic rings. The topological polar surface area (TPSA) is 52.6 Å². The van der Waals surface area contributed by atoms with E-state index in [1.165, 1.54) is 12.1 Å². The molecule has 0 amide bonds. The molecule has 0 spiro atoms. The Balaban J connectivity index is 2.65. The van der Waals surface area contributed by atoms with Crippen LogP contribution in [0.3, 0.4) is 0 Å². The van der Waals surface area contributed by atoms with E-state index in [9.17, 15) is 9.59 Å². The van der Waals surface area contributed by atoms with Gasteiger partial charge in [0.05, 0.1) is 17.7 Å². The van der Waals surface area contributed by atoms with Crippen molar-refractivity contribution in [3.8, 4) is 12.3 Å². The monoisotopic (exact) mass is 314 g/mol. The number of terminal acetylenes is 1. The summed E-state index contributed by atoms with van der Waals surface area (Å²) in [5.41, 5.74) is 0.401. The Morgan fingerprint density at radius 3 is 2.35 bits per heavy atom. The second-order valence-electron chi connectivity index (χ2n) is 5.39. The summed E-state index contributed by atoms with van der Waals surface area (Å²) >= 11 is 0. The average Bonchev–Trinajstić information content (AvgIpc) is 2.55. The molecule has 1 aromatic carbocycles. The van der Waals surface area contributed by atoms with Crippen molar-refractivity contribution < 1.29 is 19.1 Å². The molecular weight excluding hydrogens is 292 g/mol. The number of hydrogen-bond acceptors (Lipinski definition) is 4. The second kappa shape index (κ2) is 10.2. The minimum absolute atomic E-state index is 0.0564. The number of rotatable bonds is 8. The van der Waals surface area contributed by atoms with Crippen LogP contribution in [0.4, 0.5) is 0 Å². The Hall–Kier alpha value is -2.54. The molecular formula is C19H22O4. The average molecular weight is 314 g/mol. The lowest BCUT2D eigenvalue weighted by Crippen LogP contribution is -2.14. The van der Waals surface area contributed by atoms with Crippen LogP contribution in [0.2, 0.25) is 0 Å². The first-order chi connectivity index (χ1) is 11.1. The summed E-state index contributed by atoms with van der Waals surface area (Å²) in [5, 5.41) is 0. The van der Waals surface area contributed by atoms with Crippen LogP contribution in [0.25, 0.3) is 0 Å². The van der Waals surface area contributed by atoms with E-state index < -0.39 is 11.9 Å². The fraction of sp³-hybridized carbons (Fsp3) is 0.368. The van der Waals surface area contributed by atoms with Crippen LogP contribution in [-0.4, -0.2) is 25.2 Å². The van der Waals surface area contributed by atoms with Gasteiger partial charge >= 0.3 is 11.9 Å². The normalized spacial score (nSPS) is 10.5. The zero-order chi connectivity index (χ0) is 17.1. The number of ether oxygens (including phenoxy) is 2. The number of hydrogen-bond donors (Lipinski definition) is 0. The van der Waals surface area contributed by atoms with Gasteiger partial charge in [0.2, 0.25) is 0 Å². The molecule has 0 aliphatic carbocycles. The number of allylic oxidation sites excluding steroid dienone is 1.